The Hall–Kier alpha value is -2.67. The molecule has 0 aliphatic carbocycles. The van der Waals surface area contributed by atoms with Gasteiger partial charge in [0, 0.05) is 12.8 Å². The topological polar surface area (TPSA) is 119 Å². The second kappa shape index (κ2) is 42.5. The summed E-state index contributed by atoms with van der Waals surface area (Å²) in [6.07, 6.45) is 51.5. The molecule has 0 saturated carbocycles. The van der Waals surface area contributed by atoms with Gasteiger partial charge in [-0.2, -0.15) is 0 Å². The molecule has 2 unspecified atom stereocenters. The van der Waals surface area contributed by atoms with Crippen LogP contribution in [0.5, 0.6) is 0 Å². The van der Waals surface area contributed by atoms with Gasteiger partial charge in [0.05, 0.1) is 0 Å². The molecule has 0 bridgehead atoms. The lowest BCUT2D eigenvalue weighted by atomic mass is 10.0. The van der Waals surface area contributed by atoms with Crippen molar-refractivity contribution in [3.63, 3.8) is 0 Å². The lowest BCUT2D eigenvalue weighted by Crippen LogP contribution is -2.40. The Morgan fingerprint density at radius 1 is 0.527 bits per heavy atom. The number of hydrogen-bond donors (Lipinski definition) is 3. The van der Waals surface area contributed by atoms with Crippen molar-refractivity contribution in [2.24, 2.45) is 5.73 Å². The van der Waals surface area contributed by atoms with E-state index < -0.39 is 12.0 Å². The van der Waals surface area contributed by atoms with Crippen LogP contribution < -0.4 is 11.1 Å². The van der Waals surface area contributed by atoms with Gasteiger partial charge in [-0.25, -0.2) is 4.79 Å². The summed E-state index contributed by atoms with van der Waals surface area (Å²) >= 11 is 0. The van der Waals surface area contributed by atoms with Crippen LogP contribution in [0.2, 0.25) is 0 Å². The molecule has 318 valence electrons. The highest BCUT2D eigenvalue weighted by Gasteiger charge is 2.19. The first-order chi connectivity index (χ1) is 26.9. The zero-order valence-corrected chi connectivity index (χ0v) is 35.8. The molecule has 7 heteroatoms. The fraction of sp³-hybridized carbons (Fsp3) is 0.771. The monoisotopic (exact) mass is 771 g/mol. The standard InChI is InChI=1S/C48H86N2O5/c1-3-5-7-9-11-13-15-17-18-19-21-23-25-27-32-36-42-47(52)55-44(38-33-29-26-24-22-20-16-14-12-10-8-6-4-2)39-34-30-28-31-35-41-46(51)50-45(48(53)54)40-37-43-49/h13,15-16,18-20,24,26,44-45H,3-12,14,17,21-23,25,27-43,49H2,1-2H3,(H,50,51)(H,53,54)/b15-13-,19-18-,20-16-,26-24-. The number of unbranched alkanes of at least 4 members (excludes halogenated alkanes) is 19. The minimum absolute atomic E-state index is 0.0385. The second-order valence-electron chi connectivity index (χ2n) is 15.5. The van der Waals surface area contributed by atoms with Gasteiger partial charge >= 0.3 is 11.9 Å². The Morgan fingerprint density at radius 3 is 1.49 bits per heavy atom. The first-order valence-electron chi connectivity index (χ1n) is 23.0. The Labute approximate surface area is 338 Å². The van der Waals surface area contributed by atoms with E-state index in [4.69, 9.17) is 10.5 Å². The van der Waals surface area contributed by atoms with Crippen molar-refractivity contribution in [2.45, 2.75) is 231 Å². The highest BCUT2D eigenvalue weighted by atomic mass is 16.5. The van der Waals surface area contributed by atoms with E-state index in [0.29, 0.717) is 32.2 Å². The van der Waals surface area contributed by atoms with Crippen LogP contribution in [-0.2, 0) is 19.1 Å². The Bertz CT molecular complexity index is 1000. The second-order valence-corrected chi connectivity index (χ2v) is 15.5. The number of amides is 1. The molecule has 0 fully saturated rings. The van der Waals surface area contributed by atoms with Gasteiger partial charge in [-0.15, -0.1) is 0 Å². The Kier molecular flexibility index (Phi) is 40.4. The van der Waals surface area contributed by atoms with Crippen molar-refractivity contribution >= 4 is 17.8 Å². The predicted molar refractivity (Wildman–Crippen MR) is 234 cm³/mol. The molecule has 1 amide bonds. The molecule has 0 rings (SSSR count). The summed E-state index contributed by atoms with van der Waals surface area (Å²) in [5.74, 6) is -1.28. The fourth-order valence-electron chi connectivity index (χ4n) is 6.63. The zero-order valence-electron chi connectivity index (χ0n) is 35.8. The number of rotatable bonds is 41. The molecule has 55 heavy (non-hydrogen) atoms. The molecule has 4 N–H and O–H groups in total. The summed E-state index contributed by atoms with van der Waals surface area (Å²) in [4.78, 5) is 36.4. The minimum atomic E-state index is -1.01. The molecule has 0 radical (unpaired) electrons. The number of carbonyl (C=O) groups is 3. The van der Waals surface area contributed by atoms with E-state index in [2.05, 4.69) is 67.8 Å². The molecule has 0 spiro atoms. The molecular weight excluding hydrogens is 685 g/mol. The largest absolute Gasteiger partial charge is 0.480 e. The van der Waals surface area contributed by atoms with Gasteiger partial charge in [0.25, 0.3) is 0 Å². The van der Waals surface area contributed by atoms with Crippen molar-refractivity contribution in [3.05, 3.63) is 48.6 Å². The molecule has 2 atom stereocenters. The van der Waals surface area contributed by atoms with Crippen LogP contribution in [0, 0.1) is 0 Å². The first kappa shape index (κ1) is 52.3. The van der Waals surface area contributed by atoms with Crippen molar-refractivity contribution in [3.8, 4) is 0 Å². The van der Waals surface area contributed by atoms with Gasteiger partial charge in [0.1, 0.15) is 12.1 Å². The summed E-state index contributed by atoms with van der Waals surface area (Å²) in [5.41, 5.74) is 5.49. The molecule has 0 aromatic heterocycles. The van der Waals surface area contributed by atoms with Gasteiger partial charge in [0.15, 0.2) is 0 Å². The van der Waals surface area contributed by atoms with Crippen molar-refractivity contribution in [1.29, 1.82) is 0 Å². The molecule has 0 saturated heterocycles. The quantitative estimate of drug-likeness (QED) is 0.0324. The summed E-state index contributed by atoms with van der Waals surface area (Å²) in [7, 11) is 0. The summed E-state index contributed by atoms with van der Waals surface area (Å²) in [6.45, 7) is 4.91. The first-order valence-corrected chi connectivity index (χ1v) is 23.0. The highest BCUT2D eigenvalue weighted by Crippen LogP contribution is 2.18. The van der Waals surface area contributed by atoms with Crippen LogP contribution in [0.4, 0.5) is 0 Å². The van der Waals surface area contributed by atoms with E-state index >= 15 is 0 Å². The molecule has 7 nitrogen and oxygen atoms in total. The van der Waals surface area contributed by atoms with Crippen LogP contribution in [0.25, 0.3) is 0 Å². The number of carboxylic acid groups (broad SMARTS) is 1. The number of carboxylic acids is 1. The molecule has 0 aromatic rings. The number of esters is 1. The maximum atomic E-state index is 12.8. The Morgan fingerprint density at radius 2 is 0.964 bits per heavy atom. The third kappa shape index (κ3) is 39.4. The highest BCUT2D eigenvalue weighted by molar-refractivity contribution is 5.83. The third-order valence-corrected chi connectivity index (χ3v) is 10.1. The number of carbonyl (C=O) groups excluding carboxylic acids is 2. The van der Waals surface area contributed by atoms with Crippen LogP contribution in [-0.4, -0.2) is 41.6 Å². The van der Waals surface area contributed by atoms with Gasteiger partial charge in [0.2, 0.25) is 5.91 Å². The van der Waals surface area contributed by atoms with E-state index in [0.717, 1.165) is 89.9 Å². The lowest BCUT2D eigenvalue weighted by molar-refractivity contribution is -0.150. The summed E-state index contributed by atoms with van der Waals surface area (Å²) in [5, 5.41) is 11.9. The van der Waals surface area contributed by atoms with Crippen molar-refractivity contribution < 1.29 is 24.2 Å². The number of hydrogen-bond acceptors (Lipinski definition) is 5. The summed E-state index contributed by atoms with van der Waals surface area (Å²) < 4.78 is 6.03. The molecule has 0 heterocycles. The predicted octanol–water partition coefficient (Wildman–Crippen LogP) is 13.2. The smallest absolute Gasteiger partial charge is 0.326 e. The maximum absolute atomic E-state index is 12.8. The fourth-order valence-corrected chi connectivity index (χ4v) is 6.63. The van der Waals surface area contributed by atoms with E-state index in [1.807, 2.05) is 0 Å². The number of allylic oxidation sites excluding steroid dienone is 8. The summed E-state index contributed by atoms with van der Waals surface area (Å²) in [6, 6.07) is -0.863. The third-order valence-electron chi connectivity index (χ3n) is 10.1. The number of nitrogens with two attached hydrogens (primary N) is 1. The molecule has 0 aromatic carbocycles. The van der Waals surface area contributed by atoms with Crippen molar-refractivity contribution in [1.82, 2.24) is 5.32 Å². The average molecular weight is 771 g/mol. The van der Waals surface area contributed by atoms with Gasteiger partial charge in [-0.05, 0) is 116 Å². The normalized spacial score (nSPS) is 13.1. The van der Waals surface area contributed by atoms with Gasteiger partial charge in [-0.3, -0.25) is 9.59 Å². The number of aliphatic carboxylic acids is 1. The van der Waals surface area contributed by atoms with E-state index in [-0.39, 0.29) is 18.0 Å². The lowest BCUT2D eigenvalue weighted by Gasteiger charge is -2.18. The molecule has 0 aliphatic rings. The Balaban J connectivity index is 4.41. The number of nitrogens with one attached hydrogen (secondary N) is 1. The maximum Gasteiger partial charge on any atom is 0.326 e. The SMILES string of the molecule is CCCCCC/C=C\C/C=C\CCCCCCCC(=O)OC(CCC/C=C\C/C=C\CCCCCCC)CCCCCCCC(=O)NC(CCCN)C(=O)O. The average Bonchev–Trinajstić information content (AvgIpc) is 3.17. The molecular formula is C48H86N2O5. The van der Waals surface area contributed by atoms with E-state index in [1.165, 1.54) is 89.9 Å². The van der Waals surface area contributed by atoms with Crippen LogP contribution in [0.3, 0.4) is 0 Å². The minimum Gasteiger partial charge on any atom is -0.480 e. The number of ether oxygens (including phenoxy) is 1. The van der Waals surface area contributed by atoms with Crippen molar-refractivity contribution in [2.75, 3.05) is 6.54 Å². The van der Waals surface area contributed by atoms with Gasteiger partial charge in [-0.1, -0.05) is 146 Å². The van der Waals surface area contributed by atoms with Gasteiger partial charge < -0.3 is 20.9 Å². The van der Waals surface area contributed by atoms with Crippen LogP contribution in [0.15, 0.2) is 48.6 Å². The molecule has 0 aliphatic heterocycles. The van der Waals surface area contributed by atoms with E-state index in [9.17, 15) is 19.5 Å². The van der Waals surface area contributed by atoms with E-state index in [1.54, 1.807) is 0 Å². The zero-order chi connectivity index (χ0) is 40.3. The van der Waals surface area contributed by atoms with Crippen LogP contribution >= 0.6 is 0 Å². The van der Waals surface area contributed by atoms with Crippen LogP contribution in [0.1, 0.15) is 219 Å².